The average Bonchev–Trinajstić information content (AvgIpc) is 2.34. The summed E-state index contributed by atoms with van der Waals surface area (Å²) in [5.74, 6) is 0. The maximum atomic E-state index is 3.17. The van der Waals surface area contributed by atoms with Gasteiger partial charge in [-0.2, -0.15) is 0 Å². The van der Waals surface area contributed by atoms with E-state index in [4.69, 9.17) is 0 Å². The molecular weight excluding hydrogens is 196 g/mol. The maximum absolute atomic E-state index is 3.17. The highest BCUT2D eigenvalue weighted by Crippen LogP contribution is 2.06. The van der Waals surface area contributed by atoms with Crippen molar-refractivity contribution in [3.63, 3.8) is 0 Å². The van der Waals surface area contributed by atoms with E-state index in [0.717, 1.165) is 32.5 Å². The Labute approximate surface area is 99.7 Å². The van der Waals surface area contributed by atoms with Crippen LogP contribution in [0.4, 0.5) is 0 Å². The van der Waals surface area contributed by atoms with E-state index < -0.39 is 0 Å². The predicted molar refractivity (Wildman–Crippen MR) is 70.9 cm³/mol. The first-order valence-electron chi connectivity index (χ1n) is 6.17. The number of nitrogens with zero attached hydrogens (tertiary/aromatic N) is 1. The lowest BCUT2D eigenvalue weighted by atomic mass is 10.1. The molecule has 0 unspecified atom stereocenters. The van der Waals surface area contributed by atoms with Gasteiger partial charge >= 0.3 is 0 Å². The van der Waals surface area contributed by atoms with Gasteiger partial charge in [0.15, 0.2) is 0 Å². The van der Waals surface area contributed by atoms with Crippen LogP contribution in [0, 0.1) is 0 Å². The molecule has 1 aromatic carbocycles. The van der Waals surface area contributed by atoms with Crippen molar-refractivity contribution in [2.75, 3.05) is 33.7 Å². The van der Waals surface area contributed by atoms with Crippen molar-refractivity contribution in [1.82, 2.24) is 10.2 Å². The zero-order chi connectivity index (χ0) is 11.8. The van der Waals surface area contributed by atoms with Gasteiger partial charge in [-0.15, -0.1) is 0 Å². The molecule has 2 heteroatoms. The van der Waals surface area contributed by atoms with Crippen LogP contribution in [-0.4, -0.2) is 38.6 Å². The van der Waals surface area contributed by atoms with Crippen molar-refractivity contribution in [1.29, 1.82) is 0 Å². The number of hydrogen-bond donors (Lipinski definition) is 1. The predicted octanol–water partition coefficient (Wildman–Crippen LogP) is 1.94. The molecule has 0 spiro atoms. The fourth-order valence-electron chi connectivity index (χ4n) is 1.68. The van der Waals surface area contributed by atoms with E-state index in [-0.39, 0.29) is 0 Å². The smallest absolute Gasteiger partial charge is 0.0104 e. The summed E-state index contributed by atoms with van der Waals surface area (Å²) >= 11 is 0. The second-order valence-corrected chi connectivity index (χ2v) is 4.33. The Morgan fingerprint density at radius 3 is 2.25 bits per heavy atom. The lowest BCUT2D eigenvalue weighted by Crippen LogP contribution is -2.29. The molecule has 0 amide bonds. The highest BCUT2D eigenvalue weighted by Gasteiger charge is 1.98. The fraction of sp³-hybridized carbons (Fsp3) is 0.571. The van der Waals surface area contributed by atoms with Gasteiger partial charge in [-0.05, 0) is 38.1 Å². The molecule has 0 aromatic heterocycles. The third kappa shape index (κ3) is 4.77. The lowest BCUT2D eigenvalue weighted by molar-refractivity contribution is 0.339. The molecule has 2 nitrogen and oxygen atoms in total. The summed E-state index contributed by atoms with van der Waals surface area (Å²) in [5.41, 5.74) is 2.86. The summed E-state index contributed by atoms with van der Waals surface area (Å²) < 4.78 is 0. The van der Waals surface area contributed by atoms with Gasteiger partial charge in [0.25, 0.3) is 0 Å². The van der Waals surface area contributed by atoms with Gasteiger partial charge in [0, 0.05) is 19.6 Å². The minimum atomic E-state index is 1.06. The van der Waals surface area contributed by atoms with Crippen molar-refractivity contribution in [2.24, 2.45) is 0 Å². The largest absolute Gasteiger partial charge is 0.318 e. The SMILES string of the molecule is CCc1ccc(CCN(C)CCNC)cc1. The third-order valence-electron chi connectivity index (χ3n) is 2.96. The minimum absolute atomic E-state index is 1.06. The molecule has 0 aliphatic rings. The van der Waals surface area contributed by atoms with Gasteiger partial charge in [-0.3, -0.25) is 0 Å². The van der Waals surface area contributed by atoms with Crippen LogP contribution in [0.15, 0.2) is 24.3 Å². The summed E-state index contributed by atoms with van der Waals surface area (Å²) in [5, 5.41) is 3.17. The average molecular weight is 220 g/mol. The molecule has 16 heavy (non-hydrogen) atoms. The second-order valence-electron chi connectivity index (χ2n) is 4.33. The van der Waals surface area contributed by atoms with E-state index in [9.17, 15) is 0 Å². The van der Waals surface area contributed by atoms with E-state index >= 15 is 0 Å². The zero-order valence-corrected chi connectivity index (χ0v) is 10.8. The van der Waals surface area contributed by atoms with Gasteiger partial charge in [0.1, 0.15) is 0 Å². The Bertz CT molecular complexity index is 279. The number of rotatable bonds is 7. The molecule has 1 rings (SSSR count). The molecule has 0 aliphatic heterocycles. The Balaban J connectivity index is 2.30. The number of nitrogens with one attached hydrogen (secondary N) is 1. The van der Waals surface area contributed by atoms with Crippen molar-refractivity contribution >= 4 is 0 Å². The maximum Gasteiger partial charge on any atom is 0.0104 e. The monoisotopic (exact) mass is 220 g/mol. The Hall–Kier alpha value is -0.860. The molecule has 0 radical (unpaired) electrons. The molecule has 0 aliphatic carbocycles. The van der Waals surface area contributed by atoms with Crippen LogP contribution in [0.25, 0.3) is 0 Å². The molecule has 0 heterocycles. The quantitative estimate of drug-likeness (QED) is 0.755. The molecule has 0 saturated heterocycles. The highest BCUT2D eigenvalue weighted by atomic mass is 15.1. The third-order valence-corrected chi connectivity index (χ3v) is 2.96. The first-order valence-corrected chi connectivity index (χ1v) is 6.17. The zero-order valence-electron chi connectivity index (χ0n) is 10.8. The van der Waals surface area contributed by atoms with Crippen LogP contribution < -0.4 is 5.32 Å². The van der Waals surface area contributed by atoms with Crippen molar-refractivity contribution < 1.29 is 0 Å². The number of likely N-dealkylation sites (N-methyl/N-ethyl adjacent to an activating group) is 2. The number of aryl methyl sites for hydroxylation is 1. The Kier molecular flexibility index (Phi) is 6.12. The van der Waals surface area contributed by atoms with Crippen LogP contribution >= 0.6 is 0 Å². The molecule has 0 atom stereocenters. The summed E-state index contributed by atoms with van der Waals surface area (Å²) in [7, 11) is 4.18. The topological polar surface area (TPSA) is 15.3 Å². The Morgan fingerprint density at radius 1 is 1.06 bits per heavy atom. The number of hydrogen-bond acceptors (Lipinski definition) is 2. The van der Waals surface area contributed by atoms with Crippen LogP contribution in [0.2, 0.25) is 0 Å². The van der Waals surface area contributed by atoms with E-state index in [1.807, 2.05) is 7.05 Å². The molecule has 0 saturated carbocycles. The summed E-state index contributed by atoms with van der Waals surface area (Å²) in [4.78, 5) is 2.37. The lowest BCUT2D eigenvalue weighted by Gasteiger charge is -2.16. The van der Waals surface area contributed by atoms with Gasteiger partial charge < -0.3 is 10.2 Å². The summed E-state index contributed by atoms with van der Waals surface area (Å²) in [6, 6.07) is 8.99. The van der Waals surface area contributed by atoms with Crippen LogP contribution in [-0.2, 0) is 12.8 Å². The molecule has 1 N–H and O–H groups in total. The van der Waals surface area contributed by atoms with Crippen molar-refractivity contribution in [2.45, 2.75) is 19.8 Å². The molecule has 90 valence electrons. The van der Waals surface area contributed by atoms with Crippen LogP contribution in [0.3, 0.4) is 0 Å². The van der Waals surface area contributed by atoms with Crippen molar-refractivity contribution in [3.8, 4) is 0 Å². The number of benzene rings is 1. The van der Waals surface area contributed by atoms with Gasteiger partial charge in [0.2, 0.25) is 0 Å². The normalized spacial score (nSPS) is 11.0. The van der Waals surface area contributed by atoms with E-state index in [0.29, 0.717) is 0 Å². The Morgan fingerprint density at radius 2 is 1.69 bits per heavy atom. The van der Waals surface area contributed by atoms with E-state index in [1.54, 1.807) is 0 Å². The van der Waals surface area contributed by atoms with Crippen LogP contribution in [0.1, 0.15) is 18.1 Å². The van der Waals surface area contributed by atoms with Gasteiger partial charge in [-0.25, -0.2) is 0 Å². The first-order chi connectivity index (χ1) is 7.76. The summed E-state index contributed by atoms with van der Waals surface area (Å²) in [6.07, 6.45) is 2.27. The first kappa shape index (κ1) is 13.2. The van der Waals surface area contributed by atoms with Gasteiger partial charge in [0.05, 0.1) is 0 Å². The highest BCUT2D eigenvalue weighted by molar-refractivity contribution is 5.22. The van der Waals surface area contributed by atoms with Crippen LogP contribution in [0.5, 0.6) is 0 Å². The minimum Gasteiger partial charge on any atom is -0.318 e. The van der Waals surface area contributed by atoms with Crippen molar-refractivity contribution in [3.05, 3.63) is 35.4 Å². The van der Waals surface area contributed by atoms with E-state index in [1.165, 1.54) is 11.1 Å². The fourth-order valence-corrected chi connectivity index (χ4v) is 1.68. The van der Waals surface area contributed by atoms with E-state index in [2.05, 4.69) is 48.5 Å². The van der Waals surface area contributed by atoms with Gasteiger partial charge in [-0.1, -0.05) is 31.2 Å². The second kappa shape index (κ2) is 7.42. The molecule has 0 fully saturated rings. The summed E-state index contributed by atoms with van der Waals surface area (Å²) in [6.45, 7) is 5.50. The molecule has 1 aromatic rings. The standard InChI is InChI=1S/C14H24N2/c1-4-13-5-7-14(8-6-13)9-11-16(3)12-10-15-2/h5-8,15H,4,9-12H2,1-3H3. The molecular formula is C14H24N2. The molecule has 0 bridgehead atoms.